The van der Waals surface area contributed by atoms with Gasteiger partial charge in [0.1, 0.15) is 17.3 Å². The standard InChI is InChI=1S/C17H15FN2O3S/c1-21-13-7-8-14(15(9-13)22-2)16-19-20-17(23-16)24-10-11-3-5-12(18)6-4-11/h3-9H,10H2,1-2H3. The van der Waals surface area contributed by atoms with Gasteiger partial charge in [-0.1, -0.05) is 23.9 Å². The molecule has 1 heterocycles. The van der Waals surface area contributed by atoms with Gasteiger partial charge in [0.25, 0.3) is 11.1 Å². The van der Waals surface area contributed by atoms with Crippen molar-refractivity contribution in [1.82, 2.24) is 10.2 Å². The number of rotatable bonds is 6. The number of halogens is 1. The van der Waals surface area contributed by atoms with Crippen LogP contribution in [0.1, 0.15) is 5.56 Å². The second-order valence-electron chi connectivity index (χ2n) is 4.85. The van der Waals surface area contributed by atoms with E-state index in [1.165, 1.54) is 23.9 Å². The molecular formula is C17H15FN2O3S. The summed E-state index contributed by atoms with van der Waals surface area (Å²) >= 11 is 1.39. The highest BCUT2D eigenvalue weighted by molar-refractivity contribution is 7.98. The lowest BCUT2D eigenvalue weighted by Crippen LogP contribution is -1.90. The summed E-state index contributed by atoms with van der Waals surface area (Å²) in [6, 6.07) is 11.7. The summed E-state index contributed by atoms with van der Waals surface area (Å²) in [4.78, 5) is 0. The third-order valence-corrected chi connectivity index (χ3v) is 4.21. The fourth-order valence-corrected chi connectivity index (χ4v) is 2.80. The van der Waals surface area contributed by atoms with Gasteiger partial charge in [0.15, 0.2) is 0 Å². The predicted molar refractivity (Wildman–Crippen MR) is 88.8 cm³/mol. The molecule has 7 heteroatoms. The van der Waals surface area contributed by atoms with E-state index in [0.717, 1.165) is 5.56 Å². The Balaban J connectivity index is 1.74. The molecule has 0 amide bonds. The Hall–Kier alpha value is -2.54. The molecule has 3 aromatic rings. The molecule has 0 aliphatic carbocycles. The Morgan fingerprint density at radius 3 is 2.54 bits per heavy atom. The largest absolute Gasteiger partial charge is 0.497 e. The normalized spacial score (nSPS) is 10.6. The van der Waals surface area contributed by atoms with Crippen LogP contribution in [0.25, 0.3) is 11.5 Å². The third kappa shape index (κ3) is 3.68. The smallest absolute Gasteiger partial charge is 0.277 e. The van der Waals surface area contributed by atoms with Gasteiger partial charge in [0.05, 0.1) is 19.8 Å². The van der Waals surface area contributed by atoms with E-state index in [0.29, 0.717) is 33.9 Å². The molecule has 5 nitrogen and oxygen atoms in total. The van der Waals surface area contributed by atoms with E-state index in [2.05, 4.69) is 10.2 Å². The molecule has 0 N–H and O–H groups in total. The first-order valence-corrected chi connectivity index (χ1v) is 8.11. The van der Waals surface area contributed by atoms with Crippen molar-refractivity contribution >= 4 is 11.8 Å². The molecule has 0 saturated heterocycles. The van der Waals surface area contributed by atoms with E-state index in [9.17, 15) is 4.39 Å². The highest BCUT2D eigenvalue weighted by atomic mass is 32.2. The van der Waals surface area contributed by atoms with Crippen LogP contribution in [0.2, 0.25) is 0 Å². The summed E-state index contributed by atoms with van der Waals surface area (Å²) in [5.74, 6) is 2.00. The van der Waals surface area contributed by atoms with E-state index in [1.54, 1.807) is 44.6 Å². The fraction of sp³-hybridized carbons (Fsp3) is 0.176. The minimum atomic E-state index is -0.254. The monoisotopic (exact) mass is 346 g/mol. The Bertz CT molecular complexity index is 821. The Morgan fingerprint density at radius 1 is 1.04 bits per heavy atom. The van der Waals surface area contributed by atoms with Crippen molar-refractivity contribution in [3.05, 3.63) is 53.8 Å². The van der Waals surface area contributed by atoms with Crippen molar-refractivity contribution in [2.75, 3.05) is 14.2 Å². The number of thioether (sulfide) groups is 1. The minimum Gasteiger partial charge on any atom is -0.497 e. The van der Waals surface area contributed by atoms with Gasteiger partial charge in [-0.15, -0.1) is 10.2 Å². The van der Waals surface area contributed by atoms with E-state index in [1.807, 2.05) is 0 Å². The molecule has 0 radical (unpaired) electrons. The molecular weight excluding hydrogens is 331 g/mol. The topological polar surface area (TPSA) is 57.4 Å². The average Bonchev–Trinajstić information content (AvgIpc) is 3.09. The van der Waals surface area contributed by atoms with Crippen LogP contribution in [0.3, 0.4) is 0 Å². The number of hydrogen-bond donors (Lipinski definition) is 0. The SMILES string of the molecule is COc1ccc(-c2nnc(SCc3ccc(F)cc3)o2)c(OC)c1. The van der Waals surface area contributed by atoms with E-state index < -0.39 is 0 Å². The summed E-state index contributed by atoms with van der Waals surface area (Å²) < 4.78 is 29.1. The summed E-state index contributed by atoms with van der Waals surface area (Å²) in [5, 5.41) is 8.52. The van der Waals surface area contributed by atoms with Gasteiger partial charge in [0.2, 0.25) is 0 Å². The summed E-state index contributed by atoms with van der Waals surface area (Å²) in [5.41, 5.74) is 1.67. The van der Waals surface area contributed by atoms with E-state index >= 15 is 0 Å². The molecule has 1 aromatic heterocycles. The van der Waals surface area contributed by atoms with Gasteiger partial charge in [-0.05, 0) is 29.8 Å². The van der Waals surface area contributed by atoms with Crippen molar-refractivity contribution in [3.8, 4) is 23.0 Å². The highest BCUT2D eigenvalue weighted by Gasteiger charge is 2.15. The van der Waals surface area contributed by atoms with Gasteiger partial charge >= 0.3 is 0 Å². The number of hydrogen-bond acceptors (Lipinski definition) is 6. The quantitative estimate of drug-likeness (QED) is 0.624. The van der Waals surface area contributed by atoms with Crippen LogP contribution >= 0.6 is 11.8 Å². The zero-order valence-corrected chi connectivity index (χ0v) is 14.0. The number of benzene rings is 2. The zero-order valence-electron chi connectivity index (χ0n) is 13.2. The number of nitrogens with zero attached hydrogens (tertiary/aromatic N) is 2. The van der Waals surface area contributed by atoms with Crippen LogP contribution in [0.4, 0.5) is 4.39 Å². The molecule has 0 saturated carbocycles. The van der Waals surface area contributed by atoms with Crippen LogP contribution in [-0.2, 0) is 5.75 Å². The number of aromatic nitrogens is 2. The van der Waals surface area contributed by atoms with Crippen LogP contribution < -0.4 is 9.47 Å². The van der Waals surface area contributed by atoms with E-state index in [-0.39, 0.29) is 5.82 Å². The lowest BCUT2D eigenvalue weighted by atomic mass is 10.2. The molecule has 0 fully saturated rings. The van der Waals surface area contributed by atoms with Crippen LogP contribution in [0, 0.1) is 5.82 Å². The van der Waals surface area contributed by atoms with Crippen LogP contribution in [0.5, 0.6) is 11.5 Å². The third-order valence-electron chi connectivity index (χ3n) is 3.32. The molecule has 24 heavy (non-hydrogen) atoms. The summed E-state index contributed by atoms with van der Waals surface area (Å²) in [7, 11) is 3.16. The van der Waals surface area contributed by atoms with Gasteiger partial charge < -0.3 is 13.9 Å². The maximum absolute atomic E-state index is 12.9. The van der Waals surface area contributed by atoms with Crippen molar-refractivity contribution in [2.45, 2.75) is 11.0 Å². The fourth-order valence-electron chi connectivity index (χ4n) is 2.08. The minimum absolute atomic E-state index is 0.254. The Kier molecular flexibility index (Phi) is 5.00. The molecule has 0 atom stereocenters. The molecule has 0 spiro atoms. The maximum atomic E-state index is 12.9. The number of ether oxygens (including phenoxy) is 2. The second-order valence-corrected chi connectivity index (χ2v) is 5.78. The highest BCUT2D eigenvalue weighted by Crippen LogP contribution is 2.34. The molecule has 3 rings (SSSR count). The summed E-state index contributed by atoms with van der Waals surface area (Å²) in [6.45, 7) is 0. The maximum Gasteiger partial charge on any atom is 0.277 e. The summed E-state index contributed by atoms with van der Waals surface area (Å²) in [6.07, 6.45) is 0. The average molecular weight is 346 g/mol. The second kappa shape index (κ2) is 7.35. The van der Waals surface area contributed by atoms with Crippen molar-refractivity contribution in [3.63, 3.8) is 0 Å². The predicted octanol–water partition coefficient (Wildman–Crippen LogP) is 4.19. The Labute approximate surface area is 142 Å². The van der Waals surface area contributed by atoms with Gasteiger partial charge in [-0.25, -0.2) is 4.39 Å². The lowest BCUT2D eigenvalue weighted by molar-refractivity contribution is 0.393. The molecule has 124 valence electrons. The van der Waals surface area contributed by atoms with Crippen LogP contribution in [-0.4, -0.2) is 24.4 Å². The first-order valence-electron chi connectivity index (χ1n) is 7.12. The van der Waals surface area contributed by atoms with E-state index in [4.69, 9.17) is 13.9 Å². The zero-order chi connectivity index (χ0) is 16.9. The van der Waals surface area contributed by atoms with Crippen molar-refractivity contribution in [1.29, 1.82) is 0 Å². The molecule has 0 aliphatic heterocycles. The molecule has 0 aliphatic rings. The van der Waals surface area contributed by atoms with Gasteiger partial charge in [-0.2, -0.15) is 0 Å². The molecule has 0 bridgehead atoms. The van der Waals surface area contributed by atoms with Crippen molar-refractivity contribution in [2.24, 2.45) is 0 Å². The van der Waals surface area contributed by atoms with Crippen molar-refractivity contribution < 1.29 is 18.3 Å². The van der Waals surface area contributed by atoms with Crippen LogP contribution in [0.15, 0.2) is 52.1 Å². The number of methoxy groups -OCH3 is 2. The lowest BCUT2D eigenvalue weighted by Gasteiger charge is -2.07. The first kappa shape index (κ1) is 16.3. The Morgan fingerprint density at radius 2 is 1.83 bits per heavy atom. The first-order chi connectivity index (χ1) is 11.7. The molecule has 2 aromatic carbocycles. The van der Waals surface area contributed by atoms with Gasteiger partial charge in [0, 0.05) is 11.8 Å². The molecule has 0 unspecified atom stereocenters. The van der Waals surface area contributed by atoms with Gasteiger partial charge in [-0.3, -0.25) is 0 Å².